The highest BCUT2D eigenvalue weighted by molar-refractivity contribution is 5.77. The van der Waals surface area contributed by atoms with Crippen LogP contribution in [0, 0.1) is 6.92 Å². The molecule has 5 heteroatoms. The number of aromatic amines is 1. The van der Waals surface area contributed by atoms with E-state index in [1.54, 1.807) is 0 Å². The number of carbonyl (C=O) groups is 1. The summed E-state index contributed by atoms with van der Waals surface area (Å²) in [7, 11) is 0. The zero-order chi connectivity index (χ0) is 16.5. The zero-order valence-corrected chi connectivity index (χ0v) is 14.2. The monoisotopic (exact) mass is 324 g/mol. The van der Waals surface area contributed by atoms with Crippen molar-refractivity contribution in [2.45, 2.75) is 38.6 Å². The molecule has 2 aromatic rings. The standard InChI is InChI=1S/C19H24N4O/c1-14-13-20-19(21-14)17-7-4-10-23(17)18(24)9-12-22-11-8-15-5-2-3-6-16(15)22/h2-3,5-6,13,17H,4,7-12H2,1H3,(H,20,21)/t17-/m1/s1. The van der Waals surface area contributed by atoms with Gasteiger partial charge in [-0.3, -0.25) is 4.79 Å². The number of amides is 1. The predicted octanol–water partition coefficient (Wildman–Crippen LogP) is 2.83. The number of H-pyrrole nitrogens is 1. The molecule has 0 bridgehead atoms. The van der Waals surface area contributed by atoms with E-state index in [1.807, 2.05) is 18.0 Å². The number of anilines is 1. The van der Waals surface area contributed by atoms with Gasteiger partial charge in [-0.15, -0.1) is 0 Å². The lowest BCUT2D eigenvalue weighted by atomic mass is 10.2. The minimum absolute atomic E-state index is 0.122. The molecule has 1 saturated heterocycles. The van der Waals surface area contributed by atoms with Crippen molar-refractivity contribution >= 4 is 11.6 Å². The largest absolute Gasteiger partial charge is 0.370 e. The number of fused-ring (bicyclic) bond motifs is 1. The van der Waals surface area contributed by atoms with E-state index in [2.05, 4.69) is 39.1 Å². The molecule has 0 radical (unpaired) electrons. The lowest BCUT2D eigenvalue weighted by Crippen LogP contribution is -2.34. The van der Waals surface area contributed by atoms with Crippen molar-refractivity contribution < 1.29 is 4.79 Å². The number of benzene rings is 1. The van der Waals surface area contributed by atoms with Crippen molar-refractivity contribution in [1.29, 1.82) is 0 Å². The van der Waals surface area contributed by atoms with E-state index in [4.69, 9.17) is 0 Å². The van der Waals surface area contributed by atoms with Crippen molar-refractivity contribution in [3.8, 4) is 0 Å². The Morgan fingerprint density at radius 1 is 1.33 bits per heavy atom. The van der Waals surface area contributed by atoms with Crippen LogP contribution in [0.5, 0.6) is 0 Å². The highest BCUT2D eigenvalue weighted by Gasteiger charge is 2.32. The molecular formula is C19H24N4O. The fourth-order valence-electron chi connectivity index (χ4n) is 3.96. The lowest BCUT2D eigenvalue weighted by molar-refractivity contribution is -0.132. The summed E-state index contributed by atoms with van der Waals surface area (Å²) in [5.41, 5.74) is 3.75. The molecular weight excluding hydrogens is 300 g/mol. The van der Waals surface area contributed by atoms with E-state index >= 15 is 0 Å². The number of imidazole rings is 1. The fraction of sp³-hybridized carbons (Fsp3) is 0.474. The van der Waals surface area contributed by atoms with E-state index in [1.165, 1.54) is 11.3 Å². The second-order valence-corrected chi connectivity index (χ2v) is 6.81. The normalized spacial score (nSPS) is 19.8. The third-order valence-electron chi connectivity index (χ3n) is 5.19. The Morgan fingerprint density at radius 3 is 3.04 bits per heavy atom. The van der Waals surface area contributed by atoms with Crippen LogP contribution in [0.4, 0.5) is 5.69 Å². The van der Waals surface area contributed by atoms with E-state index in [9.17, 15) is 4.79 Å². The highest BCUT2D eigenvalue weighted by atomic mass is 16.2. The molecule has 0 saturated carbocycles. The number of nitrogens with one attached hydrogen (secondary N) is 1. The third kappa shape index (κ3) is 2.79. The number of rotatable bonds is 4. The van der Waals surface area contributed by atoms with E-state index < -0.39 is 0 Å². The Morgan fingerprint density at radius 2 is 2.21 bits per heavy atom. The summed E-state index contributed by atoms with van der Waals surface area (Å²) in [5, 5.41) is 0. The zero-order valence-electron chi connectivity index (χ0n) is 14.2. The Hall–Kier alpha value is -2.30. The first-order chi connectivity index (χ1) is 11.7. The summed E-state index contributed by atoms with van der Waals surface area (Å²) >= 11 is 0. The van der Waals surface area contributed by atoms with Gasteiger partial charge in [0, 0.05) is 43.6 Å². The van der Waals surface area contributed by atoms with Crippen molar-refractivity contribution in [1.82, 2.24) is 14.9 Å². The summed E-state index contributed by atoms with van der Waals surface area (Å²) in [4.78, 5) is 24.9. The van der Waals surface area contributed by atoms with Crippen LogP contribution in [0.3, 0.4) is 0 Å². The Labute approximate surface area is 142 Å². The first-order valence-electron chi connectivity index (χ1n) is 8.86. The number of aryl methyl sites for hydroxylation is 1. The molecule has 126 valence electrons. The maximum absolute atomic E-state index is 12.8. The van der Waals surface area contributed by atoms with E-state index in [0.29, 0.717) is 6.42 Å². The molecule has 2 aliphatic rings. The summed E-state index contributed by atoms with van der Waals surface area (Å²) in [6.45, 7) is 4.67. The molecule has 1 fully saturated rings. The number of nitrogens with zero attached hydrogens (tertiary/aromatic N) is 3. The Balaban J connectivity index is 1.39. The van der Waals surface area contributed by atoms with Crippen molar-refractivity contribution in [3.63, 3.8) is 0 Å². The van der Waals surface area contributed by atoms with Crippen LogP contribution in [-0.4, -0.2) is 40.4 Å². The van der Waals surface area contributed by atoms with Gasteiger partial charge in [0.15, 0.2) is 0 Å². The summed E-state index contributed by atoms with van der Waals surface area (Å²) in [6.07, 6.45) is 5.57. The van der Waals surface area contributed by atoms with Gasteiger partial charge in [0.05, 0.1) is 6.04 Å². The molecule has 1 aromatic heterocycles. The van der Waals surface area contributed by atoms with Crippen LogP contribution < -0.4 is 4.90 Å². The SMILES string of the molecule is Cc1cnc([C@H]2CCCN2C(=O)CCN2CCc3ccccc32)[nH]1. The number of aromatic nitrogens is 2. The van der Waals surface area contributed by atoms with Gasteiger partial charge >= 0.3 is 0 Å². The molecule has 24 heavy (non-hydrogen) atoms. The molecule has 1 amide bonds. The number of hydrogen-bond acceptors (Lipinski definition) is 3. The molecule has 1 atom stereocenters. The topological polar surface area (TPSA) is 52.2 Å². The molecule has 1 aromatic carbocycles. The maximum Gasteiger partial charge on any atom is 0.224 e. The van der Waals surface area contributed by atoms with Crippen LogP contribution in [-0.2, 0) is 11.2 Å². The van der Waals surface area contributed by atoms with Crippen molar-refractivity contribution in [2.24, 2.45) is 0 Å². The van der Waals surface area contributed by atoms with Gasteiger partial charge in [0.1, 0.15) is 5.82 Å². The van der Waals surface area contributed by atoms with Gasteiger partial charge in [-0.25, -0.2) is 4.98 Å². The van der Waals surface area contributed by atoms with Crippen LogP contribution >= 0.6 is 0 Å². The molecule has 4 rings (SSSR count). The first kappa shape index (κ1) is 15.2. The summed E-state index contributed by atoms with van der Waals surface area (Å²) < 4.78 is 0. The number of hydrogen-bond donors (Lipinski definition) is 1. The Bertz CT molecular complexity index is 738. The van der Waals surface area contributed by atoms with Gasteiger partial charge in [0.2, 0.25) is 5.91 Å². The van der Waals surface area contributed by atoms with E-state index in [-0.39, 0.29) is 11.9 Å². The van der Waals surface area contributed by atoms with Crippen molar-refractivity contribution in [2.75, 3.05) is 24.5 Å². The third-order valence-corrected chi connectivity index (χ3v) is 5.19. The maximum atomic E-state index is 12.8. The van der Waals surface area contributed by atoms with Gasteiger partial charge in [-0.1, -0.05) is 18.2 Å². The predicted molar refractivity (Wildman–Crippen MR) is 94.0 cm³/mol. The molecule has 0 aliphatic carbocycles. The van der Waals surface area contributed by atoms with Crippen molar-refractivity contribution in [3.05, 3.63) is 47.5 Å². The lowest BCUT2D eigenvalue weighted by Gasteiger charge is -2.25. The smallest absolute Gasteiger partial charge is 0.224 e. The summed E-state index contributed by atoms with van der Waals surface area (Å²) in [6, 6.07) is 8.64. The minimum Gasteiger partial charge on any atom is -0.370 e. The fourth-order valence-corrected chi connectivity index (χ4v) is 3.96. The molecule has 0 unspecified atom stereocenters. The van der Waals surface area contributed by atoms with Gasteiger partial charge in [-0.2, -0.15) is 0 Å². The minimum atomic E-state index is 0.122. The van der Waals surface area contributed by atoms with Crippen LogP contribution in [0.2, 0.25) is 0 Å². The van der Waals surface area contributed by atoms with Crippen LogP contribution in [0.1, 0.15) is 42.4 Å². The molecule has 1 N–H and O–H groups in total. The molecule has 3 heterocycles. The number of para-hydroxylation sites is 1. The second kappa shape index (κ2) is 6.30. The van der Waals surface area contributed by atoms with Gasteiger partial charge < -0.3 is 14.8 Å². The van der Waals surface area contributed by atoms with Crippen LogP contribution in [0.25, 0.3) is 0 Å². The summed E-state index contributed by atoms with van der Waals surface area (Å²) in [5.74, 6) is 1.18. The molecule has 0 spiro atoms. The highest BCUT2D eigenvalue weighted by Crippen LogP contribution is 2.31. The quantitative estimate of drug-likeness (QED) is 0.941. The van der Waals surface area contributed by atoms with Gasteiger partial charge in [0.25, 0.3) is 0 Å². The Kier molecular flexibility index (Phi) is 4.00. The number of carbonyl (C=O) groups excluding carboxylic acids is 1. The number of likely N-dealkylation sites (tertiary alicyclic amines) is 1. The first-order valence-corrected chi connectivity index (χ1v) is 8.86. The molecule has 5 nitrogen and oxygen atoms in total. The average molecular weight is 324 g/mol. The van der Waals surface area contributed by atoms with Crippen LogP contribution in [0.15, 0.2) is 30.5 Å². The molecule has 2 aliphatic heterocycles. The second-order valence-electron chi connectivity index (χ2n) is 6.81. The average Bonchev–Trinajstić information content (AvgIpc) is 3.31. The van der Waals surface area contributed by atoms with E-state index in [0.717, 1.165) is 50.4 Å². The van der Waals surface area contributed by atoms with Gasteiger partial charge in [-0.05, 0) is 37.8 Å².